The first-order valence-electron chi connectivity index (χ1n) is 7.16. The Morgan fingerprint density at radius 2 is 2.25 bits per heavy atom. The summed E-state index contributed by atoms with van der Waals surface area (Å²) < 4.78 is 0. The Balaban J connectivity index is 2.32. The van der Waals surface area contributed by atoms with Crippen LogP contribution in [-0.4, -0.2) is 25.7 Å². The molecule has 0 amide bonds. The lowest BCUT2D eigenvalue weighted by Gasteiger charge is -2.46. The molecule has 20 heavy (non-hydrogen) atoms. The molecule has 108 valence electrons. The average Bonchev–Trinajstić information content (AvgIpc) is 2.41. The van der Waals surface area contributed by atoms with Gasteiger partial charge in [-0.3, -0.25) is 0 Å². The molecule has 1 aromatic carbocycles. The normalized spacial score (nSPS) is 21.2. The summed E-state index contributed by atoms with van der Waals surface area (Å²) in [6, 6.07) is 8.27. The predicted molar refractivity (Wildman–Crippen MR) is 84.2 cm³/mol. The number of benzene rings is 1. The molecule has 0 saturated carbocycles. The Morgan fingerprint density at radius 3 is 2.80 bits per heavy atom. The summed E-state index contributed by atoms with van der Waals surface area (Å²) >= 11 is 6.18. The van der Waals surface area contributed by atoms with Gasteiger partial charge in [-0.05, 0) is 43.5 Å². The number of likely N-dealkylation sites (N-methyl/N-ethyl adjacent to an activating group) is 1. The molecule has 4 heteroatoms. The van der Waals surface area contributed by atoms with Crippen LogP contribution in [0.25, 0.3) is 0 Å². The van der Waals surface area contributed by atoms with E-state index >= 15 is 0 Å². The van der Waals surface area contributed by atoms with Crippen LogP contribution < -0.4 is 10.2 Å². The Morgan fingerprint density at radius 1 is 1.50 bits per heavy atom. The fourth-order valence-electron chi connectivity index (χ4n) is 2.98. The van der Waals surface area contributed by atoms with E-state index in [1.807, 2.05) is 18.2 Å². The maximum absolute atomic E-state index is 8.98. The number of anilines is 1. The van der Waals surface area contributed by atoms with Gasteiger partial charge in [0.25, 0.3) is 0 Å². The fourth-order valence-corrected chi connectivity index (χ4v) is 3.20. The van der Waals surface area contributed by atoms with Gasteiger partial charge in [-0.2, -0.15) is 5.26 Å². The van der Waals surface area contributed by atoms with Crippen LogP contribution in [0.2, 0.25) is 5.02 Å². The number of nitrogens with one attached hydrogen (secondary N) is 1. The van der Waals surface area contributed by atoms with Gasteiger partial charge in [0, 0.05) is 24.8 Å². The SMILES string of the molecule is CCN(c1ccc(C#N)c(Cl)c1)C1CNCCC1(C)C. The second-order valence-electron chi connectivity index (χ2n) is 6.02. The van der Waals surface area contributed by atoms with Gasteiger partial charge in [0.05, 0.1) is 10.6 Å². The predicted octanol–water partition coefficient (Wildman–Crippen LogP) is 3.43. The van der Waals surface area contributed by atoms with E-state index in [1.54, 1.807) is 0 Å². The van der Waals surface area contributed by atoms with E-state index in [2.05, 4.69) is 37.1 Å². The highest BCUT2D eigenvalue weighted by molar-refractivity contribution is 6.32. The minimum atomic E-state index is 0.266. The van der Waals surface area contributed by atoms with Gasteiger partial charge in [-0.15, -0.1) is 0 Å². The largest absolute Gasteiger partial charge is 0.367 e. The van der Waals surface area contributed by atoms with Crippen molar-refractivity contribution in [2.45, 2.75) is 33.2 Å². The molecule has 0 spiro atoms. The number of hydrogen-bond donors (Lipinski definition) is 1. The second kappa shape index (κ2) is 6.03. The molecule has 0 radical (unpaired) electrons. The Labute approximate surface area is 126 Å². The minimum Gasteiger partial charge on any atom is -0.367 e. The molecule has 1 aliphatic rings. The monoisotopic (exact) mass is 291 g/mol. The summed E-state index contributed by atoms with van der Waals surface area (Å²) in [5.74, 6) is 0. The van der Waals surface area contributed by atoms with Crippen molar-refractivity contribution in [2.24, 2.45) is 5.41 Å². The lowest BCUT2D eigenvalue weighted by atomic mass is 9.77. The summed E-state index contributed by atoms with van der Waals surface area (Å²) in [5.41, 5.74) is 1.90. The molecule has 1 aromatic rings. The lowest BCUT2D eigenvalue weighted by molar-refractivity contribution is 0.207. The standard InChI is InChI=1S/C16H22ClN3/c1-4-20(15-11-19-8-7-16(15,2)3)13-6-5-12(10-18)14(17)9-13/h5-6,9,15,19H,4,7-8,11H2,1-3H3. The Bertz CT molecular complexity index is 519. The van der Waals surface area contributed by atoms with Crippen LogP contribution in [0.4, 0.5) is 5.69 Å². The minimum absolute atomic E-state index is 0.266. The topological polar surface area (TPSA) is 39.1 Å². The molecule has 1 fully saturated rings. The summed E-state index contributed by atoms with van der Waals surface area (Å²) in [6.07, 6.45) is 1.16. The number of piperidine rings is 1. The van der Waals surface area contributed by atoms with Crippen LogP contribution >= 0.6 is 11.6 Å². The van der Waals surface area contributed by atoms with E-state index in [-0.39, 0.29) is 5.41 Å². The molecule has 1 unspecified atom stereocenters. The highest BCUT2D eigenvalue weighted by Gasteiger charge is 2.36. The molecule has 1 atom stereocenters. The third-order valence-electron chi connectivity index (χ3n) is 4.31. The van der Waals surface area contributed by atoms with Gasteiger partial charge in [-0.25, -0.2) is 0 Å². The van der Waals surface area contributed by atoms with Crippen molar-refractivity contribution in [3.05, 3.63) is 28.8 Å². The van der Waals surface area contributed by atoms with Crippen molar-refractivity contribution in [2.75, 3.05) is 24.5 Å². The highest BCUT2D eigenvalue weighted by Crippen LogP contribution is 2.34. The van der Waals surface area contributed by atoms with E-state index in [0.717, 1.165) is 31.7 Å². The number of nitrogens with zero attached hydrogens (tertiary/aromatic N) is 2. The zero-order chi connectivity index (χ0) is 14.8. The number of nitriles is 1. The summed E-state index contributed by atoms with van der Waals surface area (Å²) in [6.45, 7) is 9.81. The summed E-state index contributed by atoms with van der Waals surface area (Å²) in [5, 5.41) is 13.0. The first kappa shape index (κ1) is 15.2. The van der Waals surface area contributed by atoms with E-state index in [4.69, 9.17) is 16.9 Å². The van der Waals surface area contributed by atoms with Crippen molar-refractivity contribution in [3.63, 3.8) is 0 Å². The molecule has 0 aromatic heterocycles. The van der Waals surface area contributed by atoms with Crippen molar-refractivity contribution < 1.29 is 0 Å². The van der Waals surface area contributed by atoms with Crippen molar-refractivity contribution >= 4 is 17.3 Å². The molecule has 3 nitrogen and oxygen atoms in total. The third kappa shape index (κ3) is 2.92. The van der Waals surface area contributed by atoms with E-state index < -0.39 is 0 Å². The zero-order valence-electron chi connectivity index (χ0n) is 12.4. The van der Waals surface area contributed by atoms with Gasteiger partial charge >= 0.3 is 0 Å². The molecular formula is C16H22ClN3. The van der Waals surface area contributed by atoms with Gasteiger partial charge in [0.15, 0.2) is 0 Å². The molecule has 1 saturated heterocycles. The first-order valence-corrected chi connectivity index (χ1v) is 7.54. The van der Waals surface area contributed by atoms with Gasteiger partial charge in [-0.1, -0.05) is 25.4 Å². The van der Waals surface area contributed by atoms with E-state index in [1.165, 1.54) is 0 Å². The molecule has 1 heterocycles. The van der Waals surface area contributed by atoms with Crippen molar-refractivity contribution in [1.82, 2.24) is 5.32 Å². The highest BCUT2D eigenvalue weighted by atomic mass is 35.5. The molecule has 1 N–H and O–H groups in total. The van der Waals surface area contributed by atoms with Crippen LogP contribution in [0, 0.1) is 16.7 Å². The quantitative estimate of drug-likeness (QED) is 0.927. The summed E-state index contributed by atoms with van der Waals surface area (Å²) in [7, 11) is 0. The third-order valence-corrected chi connectivity index (χ3v) is 4.62. The molecule has 0 bridgehead atoms. The maximum atomic E-state index is 8.98. The zero-order valence-corrected chi connectivity index (χ0v) is 13.2. The van der Waals surface area contributed by atoms with Gasteiger partial charge in [0.1, 0.15) is 6.07 Å². The fraction of sp³-hybridized carbons (Fsp3) is 0.562. The Hall–Kier alpha value is -1.24. The molecular weight excluding hydrogens is 270 g/mol. The van der Waals surface area contributed by atoms with Crippen LogP contribution in [0.5, 0.6) is 0 Å². The van der Waals surface area contributed by atoms with Crippen molar-refractivity contribution in [3.8, 4) is 6.07 Å². The van der Waals surface area contributed by atoms with Gasteiger partial charge in [0.2, 0.25) is 0 Å². The Kier molecular flexibility index (Phi) is 4.57. The number of rotatable bonds is 3. The van der Waals surface area contributed by atoms with Crippen LogP contribution in [0.3, 0.4) is 0 Å². The molecule has 0 aliphatic carbocycles. The van der Waals surface area contributed by atoms with E-state index in [0.29, 0.717) is 16.6 Å². The lowest BCUT2D eigenvalue weighted by Crippen LogP contribution is -2.55. The van der Waals surface area contributed by atoms with Crippen LogP contribution in [0.1, 0.15) is 32.8 Å². The molecule has 2 rings (SSSR count). The molecule has 1 aliphatic heterocycles. The van der Waals surface area contributed by atoms with E-state index in [9.17, 15) is 0 Å². The van der Waals surface area contributed by atoms with Crippen molar-refractivity contribution in [1.29, 1.82) is 5.26 Å². The van der Waals surface area contributed by atoms with Gasteiger partial charge < -0.3 is 10.2 Å². The average molecular weight is 292 g/mol. The first-order chi connectivity index (χ1) is 9.49. The van der Waals surface area contributed by atoms with Crippen LogP contribution in [0.15, 0.2) is 18.2 Å². The number of hydrogen-bond acceptors (Lipinski definition) is 3. The maximum Gasteiger partial charge on any atom is 0.101 e. The summed E-state index contributed by atoms with van der Waals surface area (Å²) in [4.78, 5) is 2.39. The smallest absolute Gasteiger partial charge is 0.101 e. The second-order valence-corrected chi connectivity index (χ2v) is 6.43. The number of halogens is 1. The van der Waals surface area contributed by atoms with Crippen LogP contribution in [-0.2, 0) is 0 Å².